The third-order valence-electron chi connectivity index (χ3n) is 4.12. The van der Waals surface area contributed by atoms with Crippen LogP contribution in [0.25, 0.3) is 0 Å². The number of hydrogen-bond donors (Lipinski definition) is 1. The van der Waals surface area contributed by atoms with Crippen molar-refractivity contribution >= 4 is 23.1 Å². The molecule has 1 heterocycles. The van der Waals surface area contributed by atoms with Gasteiger partial charge in [0.15, 0.2) is 11.6 Å². The van der Waals surface area contributed by atoms with Crippen LogP contribution in [0.4, 0.5) is 0 Å². The molecule has 0 saturated heterocycles. The van der Waals surface area contributed by atoms with Gasteiger partial charge in [-0.3, -0.25) is 4.79 Å². The number of ether oxygens (including phenoxy) is 1. The van der Waals surface area contributed by atoms with E-state index >= 15 is 0 Å². The highest BCUT2D eigenvalue weighted by Crippen LogP contribution is 2.28. The smallest absolute Gasteiger partial charge is 0.347 e. The maximum absolute atomic E-state index is 12.1. The topological polar surface area (TPSA) is 76.5 Å². The van der Waals surface area contributed by atoms with Gasteiger partial charge in [0.25, 0.3) is 0 Å². The summed E-state index contributed by atoms with van der Waals surface area (Å²) in [6.45, 7) is 7.91. The lowest BCUT2D eigenvalue weighted by molar-refractivity contribution is 0.0701. The van der Waals surface area contributed by atoms with E-state index in [9.17, 15) is 9.59 Å². The van der Waals surface area contributed by atoms with Crippen molar-refractivity contribution in [3.05, 3.63) is 45.4 Å². The highest BCUT2D eigenvalue weighted by atomic mass is 32.1. The van der Waals surface area contributed by atoms with Crippen molar-refractivity contribution in [2.75, 3.05) is 6.61 Å². The molecule has 0 aliphatic carbocycles. The van der Waals surface area contributed by atoms with Gasteiger partial charge in [0.2, 0.25) is 5.78 Å². The van der Waals surface area contributed by atoms with Crippen LogP contribution in [0.3, 0.4) is 0 Å². The lowest BCUT2D eigenvalue weighted by atomic mass is 9.82. The number of carboxylic acids is 1. The van der Waals surface area contributed by atoms with E-state index < -0.39 is 5.97 Å². The fourth-order valence-corrected chi connectivity index (χ4v) is 2.96. The first kappa shape index (κ1) is 18.1. The summed E-state index contributed by atoms with van der Waals surface area (Å²) in [6.07, 6.45) is 1.03. The molecule has 1 N–H and O–H groups in total. The second-order valence-corrected chi connectivity index (χ2v) is 7.21. The molecule has 24 heavy (non-hydrogen) atoms. The van der Waals surface area contributed by atoms with Crippen LogP contribution in [0.1, 0.15) is 57.9 Å². The number of carbonyl (C=O) groups excluding carboxylic acids is 1. The van der Waals surface area contributed by atoms with Gasteiger partial charge in [-0.1, -0.05) is 32.9 Å². The summed E-state index contributed by atoms with van der Waals surface area (Å²) in [5.74, 6) is -0.793. The number of rotatable bonds is 7. The minimum atomic E-state index is -1.07. The second-order valence-electron chi connectivity index (χ2n) is 6.21. The van der Waals surface area contributed by atoms with Gasteiger partial charge in [0, 0.05) is 0 Å². The summed E-state index contributed by atoms with van der Waals surface area (Å²) in [4.78, 5) is 27.2. The maximum Gasteiger partial charge on any atom is 0.347 e. The zero-order chi connectivity index (χ0) is 17.9. The van der Waals surface area contributed by atoms with E-state index in [0.717, 1.165) is 17.8 Å². The molecule has 0 fully saturated rings. The molecule has 2 aromatic rings. The number of aryl methyl sites for hydroxylation is 1. The average Bonchev–Trinajstić information content (AvgIpc) is 2.95. The summed E-state index contributed by atoms with van der Waals surface area (Å²) in [7, 11) is 0. The Balaban J connectivity index is 2.02. The van der Waals surface area contributed by atoms with Gasteiger partial charge in [-0.25, -0.2) is 9.78 Å². The number of aromatic nitrogens is 1. The van der Waals surface area contributed by atoms with E-state index in [1.54, 1.807) is 6.92 Å². The second kappa shape index (κ2) is 7.13. The van der Waals surface area contributed by atoms with E-state index in [4.69, 9.17) is 9.84 Å². The quantitative estimate of drug-likeness (QED) is 0.763. The Morgan fingerprint density at radius 3 is 2.38 bits per heavy atom. The first-order valence-corrected chi connectivity index (χ1v) is 8.53. The van der Waals surface area contributed by atoms with Crippen LogP contribution in [-0.2, 0) is 5.41 Å². The van der Waals surface area contributed by atoms with Crippen molar-refractivity contribution < 1.29 is 19.4 Å². The molecule has 0 amide bonds. The van der Waals surface area contributed by atoms with Crippen LogP contribution in [-0.4, -0.2) is 28.4 Å². The summed E-state index contributed by atoms with van der Waals surface area (Å²) in [5.41, 5.74) is 1.66. The molecule has 1 aromatic heterocycles. The molecule has 2 rings (SSSR count). The van der Waals surface area contributed by atoms with Crippen molar-refractivity contribution in [2.45, 2.75) is 39.5 Å². The maximum atomic E-state index is 12.1. The molecule has 0 aliphatic rings. The molecule has 0 aliphatic heterocycles. The number of carboxylic acid groups (broad SMARTS) is 1. The molecule has 128 valence electrons. The summed E-state index contributed by atoms with van der Waals surface area (Å²) in [6, 6.07) is 7.68. The van der Waals surface area contributed by atoms with Gasteiger partial charge in [0.1, 0.15) is 10.6 Å². The zero-order valence-corrected chi connectivity index (χ0v) is 15.1. The molecular formula is C18H21NO4S. The van der Waals surface area contributed by atoms with Gasteiger partial charge < -0.3 is 9.84 Å². The van der Waals surface area contributed by atoms with Crippen LogP contribution in [0.5, 0.6) is 5.75 Å². The molecule has 0 radical (unpaired) electrons. The third-order valence-corrected chi connectivity index (χ3v) is 5.31. The van der Waals surface area contributed by atoms with E-state index in [1.807, 2.05) is 24.3 Å². The number of ketones is 1. The molecular weight excluding hydrogens is 326 g/mol. The van der Waals surface area contributed by atoms with Gasteiger partial charge in [0.05, 0.1) is 5.69 Å². The highest BCUT2D eigenvalue weighted by Gasteiger charge is 2.20. The van der Waals surface area contributed by atoms with Gasteiger partial charge >= 0.3 is 5.97 Å². The fourth-order valence-electron chi connectivity index (χ4n) is 2.13. The Hall–Kier alpha value is -2.21. The van der Waals surface area contributed by atoms with Gasteiger partial charge in [-0.05, 0) is 36.5 Å². The lowest BCUT2D eigenvalue weighted by Crippen LogP contribution is -2.15. The summed E-state index contributed by atoms with van der Waals surface area (Å²) >= 11 is 0.879. The van der Waals surface area contributed by atoms with Crippen molar-refractivity contribution in [3.63, 3.8) is 0 Å². The van der Waals surface area contributed by atoms with Gasteiger partial charge in [-0.2, -0.15) is 0 Å². The van der Waals surface area contributed by atoms with Crippen LogP contribution in [0.15, 0.2) is 24.3 Å². The van der Waals surface area contributed by atoms with Crippen molar-refractivity contribution in [3.8, 4) is 5.75 Å². The van der Waals surface area contributed by atoms with Crippen LogP contribution >= 0.6 is 11.3 Å². The zero-order valence-electron chi connectivity index (χ0n) is 14.3. The number of benzene rings is 1. The number of thiazole rings is 1. The Labute approximate surface area is 145 Å². The molecule has 0 spiro atoms. The minimum absolute atomic E-state index is 0.0875. The normalized spacial score (nSPS) is 11.3. The molecule has 0 bridgehead atoms. The van der Waals surface area contributed by atoms with Crippen LogP contribution in [0, 0.1) is 6.92 Å². The number of carbonyl (C=O) groups is 2. The SMILES string of the molecule is CCC(C)(C)c1ccc(OCC(=O)c2nc(C)c(C(=O)O)s2)cc1. The Kier molecular flexibility index (Phi) is 5.39. The monoisotopic (exact) mass is 347 g/mol. The number of nitrogens with zero attached hydrogens (tertiary/aromatic N) is 1. The number of Topliss-reactive ketones (excluding diaryl/α,β-unsaturated/α-hetero) is 1. The van der Waals surface area contributed by atoms with Crippen molar-refractivity contribution in [1.29, 1.82) is 0 Å². The van der Waals surface area contributed by atoms with E-state index in [0.29, 0.717) is 11.4 Å². The Bertz CT molecular complexity index is 747. The molecule has 6 heteroatoms. The molecule has 5 nitrogen and oxygen atoms in total. The predicted molar refractivity (Wildman–Crippen MR) is 93.4 cm³/mol. The lowest BCUT2D eigenvalue weighted by Gasteiger charge is -2.23. The van der Waals surface area contributed by atoms with E-state index in [2.05, 4.69) is 25.8 Å². The summed E-state index contributed by atoms with van der Waals surface area (Å²) in [5, 5.41) is 9.17. The molecule has 0 saturated carbocycles. The predicted octanol–water partition coefficient (Wildman–Crippen LogP) is 4.10. The van der Waals surface area contributed by atoms with E-state index in [-0.39, 0.29) is 27.7 Å². The summed E-state index contributed by atoms with van der Waals surface area (Å²) < 4.78 is 5.50. The van der Waals surface area contributed by atoms with Crippen LogP contribution in [0.2, 0.25) is 0 Å². The molecule has 1 aromatic carbocycles. The van der Waals surface area contributed by atoms with Crippen LogP contribution < -0.4 is 4.74 Å². The Morgan fingerprint density at radius 1 is 1.25 bits per heavy atom. The largest absolute Gasteiger partial charge is 0.485 e. The standard InChI is InChI=1S/C18H21NO4S/c1-5-18(3,4)12-6-8-13(9-7-12)23-10-14(20)16-19-11(2)15(24-16)17(21)22/h6-9H,5,10H2,1-4H3,(H,21,22). The third kappa shape index (κ3) is 4.00. The van der Waals surface area contributed by atoms with Gasteiger partial charge in [-0.15, -0.1) is 11.3 Å². The molecule has 0 unspecified atom stereocenters. The average molecular weight is 347 g/mol. The first-order chi connectivity index (χ1) is 11.2. The number of aromatic carboxylic acids is 1. The van der Waals surface area contributed by atoms with E-state index in [1.165, 1.54) is 5.56 Å². The fraction of sp³-hybridized carbons (Fsp3) is 0.389. The minimum Gasteiger partial charge on any atom is -0.485 e. The highest BCUT2D eigenvalue weighted by molar-refractivity contribution is 7.15. The number of hydrogen-bond acceptors (Lipinski definition) is 5. The molecule has 0 atom stereocenters. The van der Waals surface area contributed by atoms with Crippen molar-refractivity contribution in [2.24, 2.45) is 0 Å². The van der Waals surface area contributed by atoms with Crippen molar-refractivity contribution in [1.82, 2.24) is 4.98 Å². The first-order valence-electron chi connectivity index (χ1n) is 7.72. The Morgan fingerprint density at radius 2 is 1.88 bits per heavy atom.